The van der Waals surface area contributed by atoms with Crippen LogP contribution in [0.2, 0.25) is 0 Å². The summed E-state index contributed by atoms with van der Waals surface area (Å²) in [7, 11) is -2.76. The molecule has 3 rings (SSSR count). The van der Waals surface area contributed by atoms with Crippen LogP contribution in [0.15, 0.2) is 77.7 Å². The van der Waals surface area contributed by atoms with E-state index in [1.165, 1.54) is 48.4 Å². The second kappa shape index (κ2) is 13.4. The summed E-state index contributed by atoms with van der Waals surface area (Å²) >= 11 is 0. The van der Waals surface area contributed by atoms with E-state index in [4.69, 9.17) is 4.74 Å². The van der Waals surface area contributed by atoms with Crippen molar-refractivity contribution in [3.63, 3.8) is 0 Å². The van der Waals surface area contributed by atoms with Crippen molar-refractivity contribution < 1.29 is 27.1 Å². The van der Waals surface area contributed by atoms with Crippen LogP contribution in [0.1, 0.15) is 38.3 Å². The Hall–Kier alpha value is -3.92. The molecule has 0 aliphatic rings. The van der Waals surface area contributed by atoms with Gasteiger partial charge in [-0.25, -0.2) is 12.8 Å². The fraction of sp³-hybridized carbons (Fsp3) is 0.333. The minimum absolute atomic E-state index is 0.00284. The van der Waals surface area contributed by atoms with Gasteiger partial charge in [0.15, 0.2) is 0 Å². The van der Waals surface area contributed by atoms with Crippen LogP contribution in [-0.4, -0.2) is 50.9 Å². The quantitative estimate of drug-likeness (QED) is 0.342. The van der Waals surface area contributed by atoms with Crippen molar-refractivity contribution in [3.05, 3.63) is 89.7 Å². The Morgan fingerprint density at radius 2 is 1.68 bits per heavy atom. The highest BCUT2D eigenvalue weighted by Crippen LogP contribution is 2.28. The van der Waals surface area contributed by atoms with Crippen molar-refractivity contribution in [1.29, 1.82) is 0 Å². The lowest BCUT2D eigenvalue weighted by atomic mass is 10.1. The molecule has 2 atom stereocenters. The van der Waals surface area contributed by atoms with E-state index in [1.807, 2.05) is 20.8 Å². The lowest BCUT2D eigenvalue weighted by Crippen LogP contribution is -2.52. The Morgan fingerprint density at radius 1 is 1.00 bits per heavy atom. The minimum atomic E-state index is -4.22. The van der Waals surface area contributed by atoms with Crippen LogP contribution in [0.3, 0.4) is 0 Å². The second-order valence-corrected chi connectivity index (χ2v) is 11.5. The van der Waals surface area contributed by atoms with E-state index in [-0.39, 0.29) is 28.7 Å². The first-order valence-electron chi connectivity index (χ1n) is 13.0. The predicted molar refractivity (Wildman–Crippen MR) is 153 cm³/mol. The average molecular weight is 570 g/mol. The molecule has 0 spiro atoms. The number of hydrogen-bond donors (Lipinski definition) is 1. The van der Waals surface area contributed by atoms with Crippen molar-refractivity contribution in [3.8, 4) is 5.75 Å². The van der Waals surface area contributed by atoms with E-state index in [0.29, 0.717) is 12.2 Å². The highest BCUT2D eigenvalue weighted by atomic mass is 32.2. The number of rotatable bonds is 12. The molecule has 40 heavy (non-hydrogen) atoms. The zero-order valence-corrected chi connectivity index (χ0v) is 24.2. The number of sulfonamides is 1. The van der Waals surface area contributed by atoms with Crippen LogP contribution in [0.4, 0.5) is 10.1 Å². The lowest BCUT2D eigenvalue weighted by molar-refractivity contribution is -0.139. The molecule has 0 heterocycles. The van der Waals surface area contributed by atoms with Gasteiger partial charge in [-0.05, 0) is 57.5 Å². The van der Waals surface area contributed by atoms with E-state index < -0.39 is 40.2 Å². The van der Waals surface area contributed by atoms with Crippen LogP contribution in [0.25, 0.3) is 0 Å². The molecule has 3 aromatic rings. The normalized spacial score (nSPS) is 12.8. The number of methoxy groups -OCH3 is 1. The molecular weight excluding hydrogens is 533 g/mol. The molecule has 2 unspecified atom stereocenters. The Labute approximate surface area is 235 Å². The number of aryl methyl sites for hydroxylation is 1. The molecule has 10 heteroatoms. The number of carbonyl (C=O) groups is 2. The monoisotopic (exact) mass is 569 g/mol. The van der Waals surface area contributed by atoms with Crippen LogP contribution in [0.5, 0.6) is 5.75 Å². The van der Waals surface area contributed by atoms with Gasteiger partial charge in [0, 0.05) is 24.2 Å². The van der Waals surface area contributed by atoms with Crippen molar-refractivity contribution in [1.82, 2.24) is 10.2 Å². The first kappa shape index (κ1) is 30.6. The minimum Gasteiger partial charge on any atom is -0.497 e. The third-order valence-electron chi connectivity index (χ3n) is 6.70. The summed E-state index contributed by atoms with van der Waals surface area (Å²) in [5, 5.41) is 2.85. The third kappa shape index (κ3) is 7.38. The van der Waals surface area contributed by atoms with E-state index in [0.717, 1.165) is 9.87 Å². The van der Waals surface area contributed by atoms with E-state index in [1.54, 1.807) is 43.3 Å². The Bertz CT molecular complexity index is 1430. The number of nitrogens with zero attached hydrogens (tertiary/aromatic N) is 2. The van der Waals surface area contributed by atoms with E-state index in [9.17, 15) is 22.4 Å². The number of carbonyl (C=O) groups excluding carboxylic acids is 2. The predicted octanol–water partition coefficient (Wildman–Crippen LogP) is 4.67. The summed E-state index contributed by atoms with van der Waals surface area (Å²) in [6.07, 6.45) is 0.679. The van der Waals surface area contributed by atoms with Gasteiger partial charge in [-0.1, -0.05) is 48.9 Å². The van der Waals surface area contributed by atoms with Crippen molar-refractivity contribution in [2.45, 2.75) is 57.6 Å². The van der Waals surface area contributed by atoms with Gasteiger partial charge in [0.1, 0.15) is 24.2 Å². The number of ether oxygens (including phenoxy) is 1. The van der Waals surface area contributed by atoms with Crippen molar-refractivity contribution in [2.75, 3.05) is 18.0 Å². The highest BCUT2D eigenvalue weighted by molar-refractivity contribution is 7.92. The number of halogens is 1. The topological polar surface area (TPSA) is 96.0 Å². The second-order valence-electron chi connectivity index (χ2n) is 9.63. The average Bonchev–Trinajstić information content (AvgIpc) is 2.95. The fourth-order valence-corrected chi connectivity index (χ4v) is 5.40. The first-order valence-corrected chi connectivity index (χ1v) is 14.5. The Kier molecular flexibility index (Phi) is 10.3. The van der Waals surface area contributed by atoms with Crippen LogP contribution in [0, 0.1) is 12.7 Å². The molecule has 0 aromatic heterocycles. The molecular formula is C30H36FN3O5S. The molecule has 0 saturated heterocycles. The molecule has 0 aliphatic carbocycles. The Morgan fingerprint density at radius 3 is 2.30 bits per heavy atom. The summed E-state index contributed by atoms with van der Waals surface area (Å²) in [6, 6.07) is 17.5. The standard InChI is InChI=1S/C30H36FN3O5S/c1-6-22(3)32-30(36)23(4)33(19-24-10-7-8-13-28(24)31)29(35)20-34(25-11-9-12-26(18-25)39-5)40(37,38)27-16-14-21(2)15-17-27/h7-18,22-23H,6,19-20H2,1-5H3,(H,32,36). The summed E-state index contributed by atoms with van der Waals surface area (Å²) in [4.78, 5) is 28.2. The summed E-state index contributed by atoms with van der Waals surface area (Å²) in [5.41, 5.74) is 1.28. The molecule has 3 aromatic carbocycles. The van der Waals surface area contributed by atoms with Gasteiger partial charge in [-0.3, -0.25) is 13.9 Å². The zero-order valence-electron chi connectivity index (χ0n) is 23.4. The molecule has 1 N–H and O–H groups in total. The first-order chi connectivity index (χ1) is 19.0. The van der Waals surface area contributed by atoms with Gasteiger partial charge in [-0.15, -0.1) is 0 Å². The maximum Gasteiger partial charge on any atom is 0.264 e. The maximum atomic E-state index is 14.6. The number of amides is 2. The number of benzene rings is 3. The van der Waals surface area contributed by atoms with Crippen molar-refractivity contribution in [2.24, 2.45) is 0 Å². The van der Waals surface area contributed by atoms with Crippen molar-refractivity contribution >= 4 is 27.5 Å². The number of hydrogen-bond acceptors (Lipinski definition) is 5. The van der Waals surface area contributed by atoms with Gasteiger partial charge in [-0.2, -0.15) is 0 Å². The van der Waals surface area contributed by atoms with Crippen LogP contribution >= 0.6 is 0 Å². The van der Waals surface area contributed by atoms with Gasteiger partial charge in [0.05, 0.1) is 17.7 Å². The summed E-state index contributed by atoms with van der Waals surface area (Å²) < 4.78 is 48.7. The summed E-state index contributed by atoms with van der Waals surface area (Å²) in [6.45, 7) is 6.29. The zero-order chi connectivity index (χ0) is 29.4. The molecule has 0 saturated carbocycles. The highest BCUT2D eigenvalue weighted by Gasteiger charge is 2.33. The Balaban J connectivity index is 2.05. The lowest BCUT2D eigenvalue weighted by Gasteiger charge is -2.32. The van der Waals surface area contributed by atoms with Gasteiger partial charge in [0.25, 0.3) is 10.0 Å². The molecule has 0 radical (unpaired) electrons. The number of anilines is 1. The van der Waals surface area contributed by atoms with Gasteiger partial charge in [0.2, 0.25) is 11.8 Å². The maximum absolute atomic E-state index is 14.6. The SMILES string of the molecule is CCC(C)NC(=O)C(C)N(Cc1ccccc1F)C(=O)CN(c1cccc(OC)c1)S(=O)(=O)c1ccc(C)cc1. The molecule has 8 nitrogen and oxygen atoms in total. The van der Waals surface area contributed by atoms with Crippen LogP contribution < -0.4 is 14.4 Å². The number of nitrogens with one attached hydrogen (secondary N) is 1. The molecule has 0 aliphatic heterocycles. The van der Waals surface area contributed by atoms with Gasteiger partial charge >= 0.3 is 0 Å². The fourth-order valence-electron chi connectivity index (χ4n) is 3.99. The third-order valence-corrected chi connectivity index (χ3v) is 8.48. The molecule has 214 valence electrons. The van der Waals surface area contributed by atoms with Crippen LogP contribution in [-0.2, 0) is 26.2 Å². The largest absolute Gasteiger partial charge is 0.497 e. The van der Waals surface area contributed by atoms with E-state index in [2.05, 4.69) is 5.32 Å². The smallest absolute Gasteiger partial charge is 0.264 e. The summed E-state index contributed by atoms with van der Waals surface area (Å²) in [5.74, 6) is -1.23. The van der Waals surface area contributed by atoms with E-state index >= 15 is 0 Å². The molecule has 0 bridgehead atoms. The van der Waals surface area contributed by atoms with Gasteiger partial charge < -0.3 is 15.0 Å². The molecule has 2 amide bonds. The molecule has 0 fully saturated rings.